The van der Waals surface area contributed by atoms with Crippen molar-refractivity contribution >= 4 is 39.7 Å². The number of hydrogen-bond donors (Lipinski definition) is 2. The lowest BCUT2D eigenvalue weighted by molar-refractivity contribution is -0.113. The fourth-order valence-corrected chi connectivity index (χ4v) is 3.05. The van der Waals surface area contributed by atoms with Gasteiger partial charge in [-0.3, -0.25) is 9.00 Å². The smallest absolute Gasteiger partial charge is 0.237 e. The third-order valence-electron chi connectivity index (χ3n) is 2.57. The van der Waals surface area contributed by atoms with Gasteiger partial charge in [0.15, 0.2) is 0 Å². The molecule has 1 amide bonds. The quantitative estimate of drug-likeness (QED) is 0.849. The number of nitrogens with two attached hydrogens (primary N) is 1. The maximum atomic E-state index is 13.0. The van der Waals surface area contributed by atoms with E-state index in [-0.39, 0.29) is 10.8 Å². The summed E-state index contributed by atoms with van der Waals surface area (Å²) in [5.74, 6) is -1.26. The monoisotopic (exact) mass is 326 g/mol. The Morgan fingerprint density at radius 2 is 2.05 bits per heavy atom. The Labute approximate surface area is 128 Å². The third kappa shape index (κ3) is 4.27. The molecular formula is C14H12ClFN2O2S. The van der Waals surface area contributed by atoms with Crippen molar-refractivity contribution in [3.8, 4) is 0 Å². The van der Waals surface area contributed by atoms with Crippen LogP contribution < -0.4 is 11.1 Å². The van der Waals surface area contributed by atoms with E-state index in [1.807, 2.05) is 0 Å². The standard InChI is InChI=1S/C14H12ClFN2O2S/c15-12-5-4-10(17)7-13(12)21(20)8-14(19)18-11-3-1-2-9(16)6-11/h1-7H,8,17H2,(H,18,19). The van der Waals surface area contributed by atoms with Crippen molar-refractivity contribution in [2.75, 3.05) is 16.8 Å². The molecule has 21 heavy (non-hydrogen) atoms. The van der Waals surface area contributed by atoms with Gasteiger partial charge in [0.2, 0.25) is 5.91 Å². The van der Waals surface area contributed by atoms with Crippen LogP contribution in [0.5, 0.6) is 0 Å². The molecule has 0 bridgehead atoms. The zero-order valence-electron chi connectivity index (χ0n) is 10.8. The summed E-state index contributed by atoms with van der Waals surface area (Å²) in [6, 6.07) is 10.0. The van der Waals surface area contributed by atoms with Crippen LogP contribution >= 0.6 is 11.6 Å². The zero-order chi connectivity index (χ0) is 15.4. The summed E-state index contributed by atoms with van der Waals surface area (Å²) in [7, 11) is -1.63. The topological polar surface area (TPSA) is 72.2 Å². The third-order valence-corrected chi connectivity index (χ3v) is 4.37. The summed E-state index contributed by atoms with van der Waals surface area (Å²) >= 11 is 5.93. The van der Waals surface area contributed by atoms with Crippen LogP contribution in [0.4, 0.5) is 15.8 Å². The van der Waals surface area contributed by atoms with Crippen molar-refractivity contribution in [1.29, 1.82) is 0 Å². The molecule has 0 radical (unpaired) electrons. The predicted octanol–water partition coefficient (Wildman–Crippen LogP) is 2.81. The first-order chi connectivity index (χ1) is 9.95. The average Bonchev–Trinajstić information content (AvgIpc) is 2.41. The number of rotatable bonds is 4. The molecule has 2 rings (SSSR count). The molecule has 0 saturated heterocycles. The first kappa shape index (κ1) is 15.5. The molecule has 0 fully saturated rings. The van der Waals surface area contributed by atoms with E-state index >= 15 is 0 Å². The summed E-state index contributed by atoms with van der Waals surface area (Å²) in [6.07, 6.45) is 0. The first-order valence-corrected chi connectivity index (χ1v) is 7.64. The first-order valence-electron chi connectivity index (χ1n) is 5.94. The van der Waals surface area contributed by atoms with E-state index in [0.717, 1.165) is 0 Å². The van der Waals surface area contributed by atoms with Crippen LogP contribution in [0.15, 0.2) is 47.4 Å². The summed E-state index contributed by atoms with van der Waals surface area (Å²) in [5, 5.41) is 2.75. The Kier molecular flexibility index (Phi) is 4.93. The molecule has 2 aromatic rings. The Bertz CT molecular complexity index is 709. The molecule has 0 spiro atoms. The lowest BCUT2D eigenvalue weighted by Gasteiger charge is -2.07. The predicted molar refractivity (Wildman–Crippen MR) is 82.2 cm³/mol. The highest BCUT2D eigenvalue weighted by atomic mass is 35.5. The van der Waals surface area contributed by atoms with Gasteiger partial charge in [-0.15, -0.1) is 0 Å². The van der Waals surface area contributed by atoms with Gasteiger partial charge in [-0.05, 0) is 36.4 Å². The van der Waals surface area contributed by atoms with E-state index < -0.39 is 22.5 Å². The van der Waals surface area contributed by atoms with Crippen LogP contribution in [0.3, 0.4) is 0 Å². The molecule has 1 atom stereocenters. The Balaban J connectivity index is 2.05. The van der Waals surface area contributed by atoms with Crippen molar-refractivity contribution in [1.82, 2.24) is 0 Å². The van der Waals surface area contributed by atoms with Crippen LogP contribution in [0.1, 0.15) is 0 Å². The Hall–Kier alpha value is -1.92. The minimum absolute atomic E-state index is 0.279. The second-order valence-electron chi connectivity index (χ2n) is 4.24. The fraction of sp³-hybridized carbons (Fsp3) is 0.0714. The van der Waals surface area contributed by atoms with Gasteiger partial charge < -0.3 is 11.1 Å². The number of amides is 1. The molecule has 0 heterocycles. The van der Waals surface area contributed by atoms with E-state index in [2.05, 4.69) is 5.32 Å². The molecular weight excluding hydrogens is 315 g/mol. The molecule has 110 valence electrons. The van der Waals surface area contributed by atoms with Crippen molar-refractivity contribution in [2.24, 2.45) is 0 Å². The van der Waals surface area contributed by atoms with Gasteiger partial charge in [0.25, 0.3) is 0 Å². The van der Waals surface area contributed by atoms with Crippen LogP contribution in [-0.2, 0) is 15.6 Å². The van der Waals surface area contributed by atoms with Crippen LogP contribution in [-0.4, -0.2) is 15.9 Å². The number of nitrogen functional groups attached to an aromatic ring is 1. The number of carbonyl (C=O) groups is 1. The normalized spacial score (nSPS) is 11.9. The van der Waals surface area contributed by atoms with E-state index in [4.69, 9.17) is 17.3 Å². The summed E-state index contributed by atoms with van der Waals surface area (Å²) in [5.41, 5.74) is 6.31. The van der Waals surface area contributed by atoms with Gasteiger partial charge >= 0.3 is 0 Å². The summed E-state index contributed by atoms with van der Waals surface area (Å²) in [6.45, 7) is 0. The van der Waals surface area contributed by atoms with Gasteiger partial charge in [0, 0.05) is 11.4 Å². The second-order valence-corrected chi connectivity index (χ2v) is 6.06. The number of nitrogens with one attached hydrogen (secondary N) is 1. The number of halogens is 2. The Morgan fingerprint density at radius 1 is 1.29 bits per heavy atom. The average molecular weight is 327 g/mol. The zero-order valence-corrected chi connectivity index (χ0v) is 12.4. The minimum atomic E-state index is -1.63. The van der Waals surface area contributed by atoms with E-state index in [9.17, 15) is 13.4 Å². The van der Waals surface area contributed by atoms with Gasteiger partial charge in [0.1, 0.15) is 11.6 Å². The molecule has 0 aliphatic carbocycles. The number of benzene rings is 2. The molecule has 0 aliphatic rings. The fourth-order valence-electron chi connectivity index (χ4n) is 1.65. The van der Waals surface area contributed by atoms with E-state index in [1.165, 1.54) is 36.4 Å². The highest BCUT2D eigenvalue weighted by molar-refractivity contribution is 7.86. The number of hydrogen-bond acceptors (Lipinski definition) is 3. The summed E-state index contributed by atoms with van der Waals surface area (Å²) in [4.78, 5) is 12.1. The van der Waals surface area contributed by atoms with Gasteiger partial charge in [-0.2, -0.15) is 0 Å². The SMILES string of the molecule is Nc1ccc(Cl)c(S(=O)CC(=O)Nc2cccc(F)c2)c1. The molecule has 2 aromatic carbocycles. The lowest BCUT2D eigenvalue weighted by atomic mass is 10.3. The lowest BCUT2D eigenvalue weighted by Crippen LogP contribution is -2.19. The molecule has 0 saturated carbocycles. The van der Waals surface area contributed by atoms with Crippen molar-refractivity contribution in [3.63, 3.8) is 0 Å². The largest absolute Gasteiger partial charge is 0.399 e. The molecule has 3 N–H and O–H groups in total. The molecule has 0 aliphatic heterocycles. The maximum Gasteiger partial charge on any atom is 0.237 e. The van der Waals surface area contributed by atoms with E-state index in [0.29, 0.717) is 16.3 Å². The van der Waals surface area contributed by atoms with Crippen molar-refractivity contribution in [3.05, 3.63) is 53.3 Å². The minimum Gasteiger partial charge on any atom is -0.399 e. The molecule has 7 heteroatoms. The highest BCUT2D eigenvalue weighted by Crippen LogP contribution is 2.22. The van der Waals surface area contributed by atoms with Crippen LogP contribution in [0, 0.1) is 5.82 Å². The van der Waals surface area contributed by atoms with Gasteiger partial charge in [-0.1, -0.05) is 17.7 Å². The van der Waals surface area contributed by atoms with Gasteiger partial charge in [0.05, 0.1) is 20.7 Å². The summed E-state index contributed by atoms with van der Waals surface area (Å²) < 4.78 is 25.1. The second kappa shape index (κ2) is 6.69. The van der Waals surface area contributed by atoms with E-state index in [1.54, 1.807) is 6.07 Å². The Morgan fingerprint density at radius 3 is 2.76 bits per heavy atom. The van der Waals surface area contributed by atoms with Crippen molar-refractivity contribution < 1.29 is 13.4 Å². The van der Waals surface area contributed by atoms with Crippen LogP contribution in [0.2, 0.25) is 5.02 Å². The maximum absolute atomic E-state index is 13.0. The van der Waals surface area contributed by atoms with Gasteiger partial charge in [-0.25, -0.2) is 4.39 Å². The highest BCUT2D eigenvalue weighted by Gasteiger charge is 2.14. The molecule has 4 nitrogen and oxygen atoms in total. The van der Waals surface area contributed by atoms with Crippen molar-refractivity contribution in [2.45, 2.75) is 4.90 Å². The number of anilines is 2. The molecule has 1 unspecified atom stereocenters. The van der Waals surface area contributed by atoms with Crippen LogP contribution in [0.25, 0.3) is 0 Å². The number of carbonyl (C=O) groups excluding carboxylic acids is 1. The molecule has 0 aromatic heterocycles.